The highest BCUT2D eigenvalue weighted by atomic mass is 35.7. The molecule has 3 nitrogen and oxygen atoms in total. The molecular weight excluding hydrogens is 272 g/mol. The molecule has 17 heavy (non-hydrogen) atoms. The third kappa shape index (κ3) is 2.93. The lowest BCUT2D eigenvalue weighted by Gasteiger charge is -2.09. The van der Waals surface area contributed by atoms with E-state index in [1.807, 2.05) is 0 Å². The lowest BCUT2D eigenvalue weighted by molar-refractivity contribution is 0.151. The molecule has 0 radical (unpaired) electrons. The summed E-state index contributed by atoms with van der Waals surface area (Å²) in [6.45, 7) is 1.61. The average molecular weight is 280 g/mol. The van der Waals surface area contributed by atoms with E-state index in [4.69, 9.17) is 15.9 Å². The van der Waals surface area contributed by atoms with Crippen LogP contribution in [-0.2, 0) is 15.5 Å². The molecule has 92 valence electrons. The van der Waals surface area contributed by atoms with Gasteiger partial charge in [0.25, 0.3) is 15.5 Å². The Labute approximate surface area is 102 Å². The van der Waals surface area contributed by atoms with Crippen LogP contribution in [-0.4, -0.2) is 8.42 Å². The highest BCUT2D eigenvalue weighted by Gasteiger charge is 2.21. The van der Waals surface area contributed by atoms with Crippen molar-refractivity contribution in [2.45, 2.75) is 24.7 Å². The van der Waals surface area contributed by atoms with Crippen LogP contribution >= 0.6 is 10.7 Å². The lowest BCUT2D eigenvalue weighted by Crippen LogP contribution is -2.03. The average Bonchev–Trinajstić information content (AvgIpc) is 2.25. The van der Waals surface area contributed by atoms with Crippen LogP contribution in [0.25, 0.3) is 0 Å². The van der Waals surface area contributed by atoms with E-state index in [-0.39, 0.29) is 17.5 Å². The van der Waals surface area contributed by atoms with E-state index in [0.717, 1.165) is 12.1 Å². The Morgan fingerprint density at radius 1 is 1.47 bits per heavy atom. The van der Waals surface area contributed by atoms with E-state index in [0.29, 0.717) is 0 Å². The van der Waals surface area contributed by atoms with Gasteiger partial charge in [-0.05, 0) is 24.1 Å². The zero-order chi connectivity index (χ0) is 13.2. The molecule has 0 saturated carbocycles. The number of nitriles is 1. The van der Waals surface area contributed by atoms with E-state index < -0.39 is 25.9 Å². The topological polar surface area (TPSA) is 57.9 Å². The summed E-state index contributed by atoms with van der Waals surface area (Å²) in [4.78, 5) is -0.420. The molecule has 1 aromatic rings. The Kier molecular flexibility index (Phi) is 4.07. The van der Waals surface area contributed by atoms with Gasteiger partial charge in [0.15, 0.2) is 0 Å². The minimum absolute atomic E-state index is 0.0930. The molecule has 0 atom stereocenters. The molecule has 0 bridgehead atoms. The van der Waals surface area contributed by atoms with Crippen molar-refractivity contribution in [3.05, 3.63) is 28.8 Å². The highest BCUT2D eigenvalue weighted by Crippen LogP contribution is 2.29. The van der Waals surface area contributed by atoms with E-state index in [9.17, 15) is 17.2 Å². The summed E-state index contributed by atoms with van der Waals surface area (Å²) in [5.41, 5.74) is -0.464. The quantitative estimate of drug-likeness (QED) is 0.799. The maximum absolute atomic E-state index is 12.5. The molecule has 0 amide bonds. The van der Waals surface area contributed by atoms with Crippen LogP contribution in [0, 0.1) is 11.3 Å². The van der Waals surface area contributed by atoms with Crippen molar-refractivity contribution in [3.63, 3.8) is 0 Å². The van der Waals surface area contributed by atoms with E-state index in [1.54, 1.807) is 13.0 Å². The number of rotatable bonds is 3. The van der Waals surface area contributed by atoms with Crippen LogP contribution in [0.2, 0.25) is 0 Å². The van der Waals surface area contributed by atoms with Crippen LogP contribution in [0.3, 0.4) is 0 Å². The number of halogens is 3. The Bertz CT molecular complexity index is 579. The number of alkyl halides is 2. The molecule has 0 heterocycles. The van der Waals surface area contributed by atoms with Gasteiger partial charge in [0.1, 0.15) is 0 Å². The Morgan fingerprint density at radius 2 is 2.06 bits per heavy atom. The maximum atomic E-state index is 12.5. The summed E-state index contributed by atoms with van der Waals surface area (Å²) in [5.74, 6) is 0. The molecule has 0 aliphatic heterocycles. The molecule has 0 fully saturated rings. The second-order valence-corrected chi connectivity index (χ2v) is 5.78. The van der Waals surface area contributed by atoms with Crippen molar-refractivity contribution in [3.8, 4) is 6.07 Å². The molecule has 0 unspecified atom stereocenters. The Balaban J connectivity index is 3.68. The highest BCUT2D eigenvalue weighted by molar-refractivity contribution is 8.13. The Morgan fingerprint density at radius 3 is 2.41 bits per heavy atom. The predicted octanol–water partition coefficient (Wildman–Crippen LogP) is 2.99. The minimum atomic E-state index is -4.15. The largest absolute Gasteiger partial charge is 0.263 e. The van der Waals surface area contributed by atoms with E-state index >= 15 is 0 Å². The number of hydrogen-bond acceptors (Lipinski definition) is 3. The van der Waals surface area contributed by atoms with Crippen molar-refractivity contribution in [1.29, 1.82) is 5.26 Å². The SMILES string of the molecule is CCc1c(C#N)cc(C(F)F)cc1S(=O)(=O)Cl. The van der Waals surface area contributed by atoms with Crippen LogP contribution in [0.1, 0.15) is 30.0 Å². The van der Waals surface area contributed by atoms with Crippen LogP contribution in [0.4, 0.5) is 8.78 Å². The van der Waals surface area contributed by atoms with E-state index in [1.165, 1.54) is 0 Å². The first-order chi connectivity index (χ1) is 7.81. The third-order valence-electron chi connectivity index (χ3n) is 2.22. The molecule has 1 rings (SSSR count). The van der Waals surface area contributed by atoms with Gasteiger partial charge >= 0.3 is 0 Å². The third-order valence-corrected chi connectivity index (χ3v) is 3.61. The molecule has 0 N–H and O–H groups in total. The van der Waals surface area contributed by atoms with Gasteiger partial charge in [0.2, 0.25) is 0 Å². The van der Waals surface area contributed by atoms with Crippen LogP contribution in [0.15, 0.2) is 17.0 Å². The first-order valence-corrected chi connectivity index (χ1v) is 6.92. The second-order valence-electron chi connectivity index (χ2n) is 3.25. The van der Waals surface area contributed by atoms with Crippen molar-refractivity contribution in [2.75, 3.05) is 0 Å². The summed E-state index contributed by atoms with van der Waals surface area (Å²) in [7, 11) is 1.02. The summed E-state index contributed by atoms with van der Waals surface area (Å²) >= 11 is 0. The molecule has 0 aliphatic rings. The van der Waals surface area contributed by atoms with Gasteiger partial charge in [0.05, 0.1) is 16.5 Å². The van der Waals surface area contributed by atoms with Gasteiger partial charge in [-0.25, -0.2) is 17.2 Å². The maximum Gasteiger partial charge on any atom is 0.263 e. The van der Waals surface area contributed by atoms with Gasteiger partial charge in [-0.3, -0.25) is 0 Å². The van der Waals surface area contributed by atoms with Gasteiger partial charge in [-0.15, -0.1) is 0 Å². The monoisotopic (exact) mass is 279 g/mol. The molecular formula is C10H8ClF2NO2S. The van der Waals surface area contributed by atoms with Gasteiger partial charge in [0, 0.05) is 16.2 Å². The fourth-order valence-corrected chi connectivity index (χ4v) is 2.71. The van der Waals surface area contributed by atoms with Gasteiger partial charge < -0.3 is 0 Å². The van der Waals surface area contributed by atoms with Crippen molar-refractivity contribution in [2.24, 2.45) is 0 Å². The lowest BCUT2D eigenvalue weighted by atomic mass is 10.0. The second kappa shape index (κ2) is 4.98. The first kappa shape index (κ1) is 13.9. The molecule has 0 spiro atoms. The van der Waals surface area contributed by atoms with Crippen molar-refractivity contribution < 1.29 is 17.2 Å². The summed E-state index contributed by atoms with van der Waals surface area (Å²) in [5, 5.41) is 8.81. The number of nitrogens with zero attached hydrogens (tertiary/aromatic N) is 1. The standard InChI is InChI=1S/C10H8ClF2NO2S/c1-2-8-7(5-14)3-6(10(12)13)4-9(8)17(11,15)16/h3-4,10H,2H2,1H3. The zero-order valence-electron chi connectivity index (χ0n) is 8.75. The summed E-state index contributed by atoms with van der Waals surface area (Å²) < 4.78 is 47.6. The molecule has 0 saturated heterocycles. The zero-order valence-corrected chi connectivity index (χ0v) is 10.3. The molecule has 0 aliphatic carbocycles. The van der Waals surface area contributed by atoms with Crippen LogP contribution in [0.5, 0.6) is 0 Å². The number of hydrogen-bond donors (Lipinski definition) is 0. The first-order valence-electron chi connectivity index (χ1n) is 4.61. The van der Waals surface area contributed by atoms with Gasteiger partial charge in [-0.1, -0.05) is 6.92 Å². The molecule has 0 aromatic heterocycles. The normalized spacial score (nSPS) is 11.5. The van der Waals surface area contributed by atoms with Gasteiger partial charge in [-0.2, -0.15) is 5.26 Å². The Hall–Kier alpha value is -1.19. The molecule has 1 aromatic carbocycles. The number of benzene rings is 1. The fraction of sp³-hybridized carbons (Fsp3) is 0.300. The minimum Gasteiger partial charge on any atom is -0.207 e. The van der Waals surface area contributed by atoms with Crippen LogP contribution < -0.4 is 0 Å². The fourth-order valence-electron chi connectivity index (χ4n) is 1.47. The van der Waals surface area contributed by atoms with Crippen molar-refractivity contribution >= 4 is 19.7 Å². The molecule has 7 heteroatoms. The summed E-state index contributed by atoms with van der Waals surface area (Å²) in [6, 6.07) is 3.49. The van der Waals surface area contributed by atoms with E-state index in [2.05, 4.69) is 0 Å². The predicted molar refractivity (Wildman–Crippen MR) is 58.5 cm³/mol. The van der Waals surface area contributed by atoms with Crippen molar-refractivity contribution in [1.82, 2.24) is 0 Å². The smallest absolute Gasteiger partial charge is 0.207 e. The summed E-state index contributed by atoms with van der Waals surface area (Å²) in [6.07, 6.45) is -2.64.